The normalized spacial score (nSPS) is 21.2. The Kier molecular flexibility index (Phi) is 5.41. The summed E-state index contributed by atoms with van der Waals surface area (Å²) < 4.78 is 12.0. The molecule has 0 saturated carbocycles. The lowest BCUT2D eigenvalue weighted by Crippen LogP contribution is -2.42. The van der Waals surface area contributed by atoms with Crippen LogP contribution in [0.5, 0.6) is 0 Å². The van der Waals surface area contributed by atoms with E-state index in [2.05, 4.69) is 46.0 Å². The molecule has 0 aliphatic carbocycles. The predicted octanol–water partition coefficient (Wildman–Crippen LogP) is 5.37. The molecule has 1 heterocycles. The van der Waals surface area contributed by atoms with E-state index in [1.54, 1.807) is 0 Å². The molecular formula is C20H33NO3Si. The average molecular weight is 364 g/mol. The Balaban J connectivity index is 2.12. The van der Waals surface area contributed by atoms with Crippen LogP contribution in [0.25, 0.3) is 0 Å². The van der Waals surface area contributed by atoms with Crippen LogP contribution in [0.15, 0.2) is 30.3 Å². The van der Waals surface area contributed by atoms with Gasteiger partial charge in [0.05, 0.1) is 18.7 Å². The summed E-state index contributed by atoms with van der Waals surface area (Å²) in [6.07, 6.45) is -0.259. The zero-order valence-corrected chi connectivity index (χ0v) is 17.9. The molecule has 1 amide bonds. The summed E-state index contributed by atoms with van der Waals surface area (Å²) >= 11 is 0. The van der Waals surface area contributed by atoms with E-state index in [-0.39, 0.29) is 23.2 Å². The quantitative estimate of drug-likeness (QED) is 0.533. The zero-order valence-electron chi connectivity index (χ0n) is 16.9. The monoisotopic (exact) mass is 363 g/mol. The minimum atomic E-state index is -1.85. The predicted molar refractivity (Wildman–Crippen MR) is 104 cm³/mol. The Morgan fingerprint density at radius 3 is 2.12 bits per heavy atom. The minimum Gasteiger partial charge on any atom is -0.444 e. The van der Waals surface area contributed by atoms with Crippen molar-refractivity contribution in [2.45, 2.75) is 77.4 Å². The van der Waals surface area contributed by atoms with Crippen LogP contribution in [0.3, 0.4) is 0 Å². The standard InChI is InChI=1S/C20H33NO3Si/c1-19(2,3)24-18(22)21-16(14-23-25(7,8)20(4,5)6)17(21)15-12-10-9-11-13-15/h9-13,16-17H,14H2,1-8H3/t16-,17-,21?/m1/s1. The Morgan fingerprint density at radius 2 is 1.64 bits per heavy atom. The molecule has 0 N–H and O–H groups in total. The summed E-state index contributed by atoms with van der Waals surface area (Å²) in [6, 6.07) is 10.2. The van der Waals surface area contributed by atoms with Crippen molar-refractivity contribution in [1.29, 1.82) is 0 Å². The SMILES string of the molecule is CC(C)(C)OC(=O)N1[C@H](CO[Si](C)(C)C(C)(C)C)[C@H]1c1ccccc1. The van der Waals surface area contributed by atoms with Crippen LogP contribution in [-0.4, -0.2) is 37.6 Å². The van der Waals surface area contributed by atoms with Gasteiger partial charge >= 0.3 is 6.09 Å². The highest BCUT2D eigenvalue weighted by atomic mass is 28.4. The van der Waals surface area contributed by atoms with Crippen LogP contribution in [0, 0.1) is 0 Å². The third-order valence-electron chi connectivity index (χ3n) is 5.10. The highest BCUT2D eigenvalue weighted by Crippen LogP contribution is 2.46. The van der Waals surface area contributed by atoms with E-state index in [0.29, 0.717) is 6.61 Å². The molecule has 2 atom stereocenters. The first-order valence-corrected chi connectivity index (χ1v) is 11.9. The molecule has 140 valence electrons. The largest absolute Gasteiger partial charge is 0.444 e. The van der Waals surface area contributed by atoms with E-state index in [9.17, 15) is 4.79 Å². The van der Waals surface area contributed by atoms with Gasteiger partial charge in [-0.15, -0.1) is 0 Å². The van der Waals surface area contributed by atoms with Gasteiger partial charge in [-0.3, -0.25) is 4.90 Å². The zero-order chi connectivity index (χ0) is 19.0. The lowest BCUT2D eigenvalue weighted by molar-refractivity contribution is 0.0383. The van der Waals surface area contributed by atoms with E-state index in [1.165, 1.54) is 0 Å². The maximum atomic E-state index is 12.6. The van der Waals surface area contributed by atoms with Crippen molar-refractivity contribution in [1.82, 2.24) is 4.90 Å². The van der Waals surface area contributed by atoms with Crippen LogP contribution in [0.4, 0.5) is 4.79 Å². The summed E-state index contributed by atoms with van der Waals surface area (Å²) in [6.45, 7) is 17.4. The first kappa shape index (κ1) is 20.0. The number of carbonyl (C=O) groups excluding carboxylic acids is 1. The van der Waals surface area contributed by atoms with Gasteiger partial charge in [-0.05, 0) is 44.5 Å². The molecular weight excluding hydrogens is 330 g/mol. The second-order valence-corrected chi connectivity index (χ2v) is 14.2. The van der Waals surface area contributed by atoms with Gasteiger partial charge in [0.25, 0.3) is 0 Å². The molecule has 1 aliphatic heterocycles. The Hall–Kier alpha value is -1.33. The molecule has 0 aromatic heterocycles. The Bertz CT molecular complexity index is 602. The van der Waals surface area contributed by atoms with Crippen LogP contribution >= 0.6 is 0 Å². The molecule has 4 nitrogen and oxygen atoms in total. The van der Waals surface area contributed by atoms with E-state index < -0.39 is 13.9 Å². The molecule has 1 saturated heterocycles. The fourth-order valence-electron chi connectivity index (χ4n) is 2.56. The molecule has 25 heavy (non-hydrogen) atoms. The van der Waals surface area contributed by atoms with Gasteiger partial charge in [0.1, 0.15) is 5.60 Å². The number of nitrogens with zero attached hydrogens (tertiary/aromatic N) is 1. The highest BCUT2D eigenvalue weighted by molar-refractivity contribution is 6.74. The third-order valence-corrected chi connectivity index (χ3v) is 9.60. The maximum Gasteiger partial charge on any atom is 0.411 e. The molecule has 0 unspecified atom stereocenters. The van der Waals surface area contributed by atoms with E-state index in [4.69, 9.17) is 9.16 Å². The summed E-state index contributed by atoms with van der Waals surface area (Å²) in [5.41, 5.74) is 0.642. The lowest BCUT2D eigenvalue weighted by atomic mass is 10.1. The van der Waals surface area contributed by atoms with Gasteiger partial charge in [-0.1, -0.05) is 51.1 Å². The molecule has 0 spiro atoms. The lowest BCUT2D eigenvalue weighted by Gasteiger charge is -2.36. The molecule has 1 aromatic rings. The number of hydrogen-bond acceptors (Lipinski definition) is 3. The second kappa shape index (κ2) is 6.76. The Labute approximate surface area is 153 Å². The van der Waals surface area contributed by atoms with E-state index in [1.807, 2.05) is 43.9 Å². The highest BCUT2D eigenvalue weighted by Gasteiger charge is 2.54. The number of hydrogen-bond donors (Lipinski definition) is 0. The van der Waals surface area contributed by atoms with Crippen LogP contribution in [0.1, 0.15) is 53.1 Å². The number of rotatable bonds is 4. The van der Waals surface area contributed by atoms with Gasteiger partial charge in [-0.25, -0.2) is 4.79 Å². The third kappa shape index (κ3) is 4.85. The smallest absolute Gasteiger partial charge is 0.411 e. The van der Waals surface area contributed by atoms with Crippen LogP contribution in [-0.2, 0) is 9.16 Å². The fraction of sp³-hybridized carbons (Fsp3) is 0.650. The first-order valence-electron chi connectivity index (χ1n) is 9.04. The molecule has 2 rings (SSSR count). The van der Waals surface area contributed by atoms with Crippen molar-refractivity contribution in [3.63, 3.8) is 0 Å². The number of benzene rings is 1. The van der Waals surface area contributed by atoms with E-state index in [0.717, 1.165) is 5.56 Å². The topological polar surface area (TPSA) is 38.5 Å². The van der Waals surface area contributed by atoms with Crippen molar-refractivity contribution < 1.29 is 14.0 Å². The fourth-order valence-corrected chi connectivity index (χ4v) is 3.58. The summed E-state index contributed by atoms with van der Waals surface area (Å²) in [4.78, 5) is 14.4. The number of amides is 1. The minimum absolute atomic E-state index is 0.0424. The first-order chi connectivity index (χ1) is 11.3. The molecule has 1 aliphatic rings. The van der Waals surface area contributed by atoms with Gasteiger partial charge in [-0.2, -0.15) is 0 Å². The maximum absolute atomic E-state index is 12.6. The molecule has 1 fully saturated rings. The van der Waals surface area contributed by atoms with E-state index >= 15 is 0 Å². The van der Waals surface area contributed by atoms with Crippen molar-refractivity contribution in [2.24, 2.45) is 0 Å². The number of ether oxygens (including phenoxy) is 1. The van der Waals surface area contributed by atoms with Gasteiger partial charge in [0.15, 0.2) is 8.32 Å². The molecule has 5 heteroatoms. The molecule has 0 bridgehead atoms. The summed E-state index contributed by atoms with van der Waals surface area (Å²) in [5, 5.41) is 0.154. The van der Waals surface area contributed by atoms with Gasteiger partial charge < -0.3 is 9.16 Å². The number of carbonyl (C=O) groups is 1. The Morgan fingerprint density at radius 1 is 1.08 bits per heavy atom. The van der Waals surface area contributed by atoms with Crippen molar-refractivity contribution >= 4 is 14.4 Å². The molecule has 0 radical (unpaired) electrons. The van der Waals surface area contributed by atoms with Crippen molar-refractivity contribution in [3.05, 3.63) is 35.9 Å². The summed E-state index contributed by atoms with van der Waals surface area (Å²) in [5.74, 6) is 0. The van der Waals surface area contributed by atoms with Crippen LogP contribution in [0.2, 0.25) is 18.1 Å². The van der Waals surface area contributed by atoms with Gasteiger partial charge in [0.2, 0.25) is 0 Å². The van der Waals surface area contributed by atoms with Crippen LogP contribution < -0.4 is 0 Å². The average Bonchev–Trinajstić information content (AvgIpc) is 3.17. The van der Waals surface area contributed by atoms with Gasteiger partial charge in [0, 0.05) is 0 Å². The van der Waals surface area contributed by atoms with Crippen molar-refractivity contribution in [2.75, 3.05) is 6.61 Å². The second-order valence-electron chi connectivity index (χ2n) is 9.38. The molecule has 1 aromatic carbocycles. The summed E-state index contributed by atoms with van der Waals surface area (Å²) in [7, 11) is -1.85. The van der Waals surface area contributed by atoms with Crippen molar-refractivity contribution in [3.8, 4) is 0 Å².